The van der Waals surface area contributed by atoms with Gasteiger partial charge in [-0.3, -0.25) is 9.97 Å². The molecule has 4 aromatic rings. The fraction of sp³-hybridized carbons (Fsp3) is 0.227. The first-order chi connectivity index (χ1) is 17.4. The smallest absolute Gasteiger partial charge is 0.433 e. The second-order valence-electron chi connectivity index (χ2n) is 7.78. The van der Waals surface area contributed by atoms with Crippen molar-refractivity contribution < 1.29 is 40.6 Å². The second kappa shape index (κ2) is 9.72. The van der Waals surface area contributed by atoms with Crippen molar-refractivity contribution in [2.24, 2.45) is 0 Å². The summed E-state index contributed by atoms with van der Waals surface area (Å²) in [5.74, 6) is -6.76. The Balaban J connectivity index is 1.58. The maximum atomic E-state index is 15.7. The van der Waals surface area contributed by atoms with Crippen LogP contribution in [-0.2, 0) is 30.9 Å². The molecule has 0 fully saturated rings. The fourth-order valence-corrected chi connectivity index (χ4v) is 3.37. The summed E-state index contributed by atoms with van der Waals surface area (Å²) >= 11 is 0. The van der Waals surface area contributed by atoms with Crippen LogP contribution >= 0.6 is 0 Å². The molecule has 15 heteroatoms. The molecule has 0 saturated carbocycles. The molecule has 0 aliphatic heterocycles. The average molecular weight is 528 g/mol. The zero-order valence-electron chi connectivity index (χ0n) is 18.4. The van der Waals surface area contributed by atoms with E-state index in [0.717, 1.165) is 47.7 Å². The molecule has 3 aromatic heterocycles. The number of hydrogen-bond acceptors (Lipinski definition) is 7. The van der Waals surface area contributed by atoms with Gasteiger partial charge in [-0.2, -0.15) is 22.0 Å². The number of aliphatic hydroxyl groups is 1. The van der Waals surface area contributed by atoms with Gasteiger partial charge in [0.15, 0.2) is 5.60 Å². The van der Waals surface area contributed by atoms with Crippen molar-refractivity contribution in [2.75, 3.05) is 0 Å². The van der Waals surface area contributed by atoms with Crippen LogP contribution in [0.1, 0.15) is 22.5 Å². The van der Waals surface area contributed by atoms with Gasteiger partial charge in [-0.05, 0) is 40.8 Å². The second-order valence-corrected chi connectivity index (χ2v) is 7.78. The maximum absolute atomic E-state index is 15.7. The summed E-state index contributed by atoms with van der Waals surface area (Å²) in [4.78, 5) is 6.91. The molecule has 194 valence electrons. The standard InChI is InChI=1S/C22H15F7N6O2/c23-14-2-4-16(17(24)7-14)20(36,11-35-12-32-33-34-35)21(25,26)18-6-3-15(9-31-18)37-10-13-1-5-19(30-8-13)22(27,28)29/h1-9,12,36H,10-11H2. The third-order valence-corrected chi connectivity index (χ3v) is 5.26. The molecule has 8 nitrogen and oxygen atoms in total. The minimum atomic E-state index is -4.60. The molecule has 0 saturated heterocycles. The molecule has 1 N–H and O–H groups in total. The van der Waals surface area contributed by atoms with Crippen LogP contribution < -0.4 is 4.74 Å². The summed E-state index contributed by atoms with van der Waals surface area (Å²) in [6.07, 6.45) is -1.84. The highest BCUT2D eigenvalue weighted by Gasteiger charge is 2.58. The van der Waals surface area contributed by atoms with Crippen molar-refractivity contribution in [1.29, 1.82) is 0 Å². The van der Waals surface area contributed by atoms with E-state index in [1.54, 1.807) is 0 Å². The van der Waals surface area contributed by atoms with Crippen LogP contribution in [0.25, 0.3) is 0 Å². The van der Waals surface area contributed by atoms with Crippen LogP contribution in [0.15, 0.2) is 61.2 Å². The molecular formula is C22H15F7N6O2. The number of pyridine rings is 2. The summed E-state index contributed by atoms with van der Waals surface area (Å²) in [7, 11) is 0. The van der Waals surface area contributed by atoms with Gasteiger partial charge in [0.05, 0.1) is 12.7 Å². The largest absolute Gasteiger partial charge is 0.487 e. The van der Waals surface area contributed by atoms with Crippen molar-refractivity contribution in [2.45, 2.75) is 30.9 Å². The first-order valence-corrected chi connectivity index (χ1v) is 10.3. The van der Waals surface area contributed by atoms with E-state index in [1.165, 1.54) is 0 Å². The molecule has 37 heavy (non-hydrogen) atoms. The van der Waals surface area contributed by atoms with Gasteiger partial charge in [0.2, 0.25) is 0 Å². The Bertz CT molecular complexity index is 1350. The highest BCUT2D eigenvalue weighted by atomic mass is 19.4. The van der Waals surface area contributed by atoms with Crippen molar-refractivity contribution in [1.82, 2.24) is 30.2 Å². The molecule has 3 heterocycles. The lowest BCUT2D eigenvalue weighted by atomic mass is 9.84. The van der Waals surface area contributed by atoms with Gasteiger partial charge in [0.1, 0.15) is 41.7 Å². The lowest BCUT2D eigenvalue weighted by molar-refractivity contribution is -0.207. The van der Waals surface area contributed by atoms with E-state index in [-0.39, 0.29) is 17.9 Å². The molecule has 1 unspecified atom stereocenters. The van der Waals surface area contributed by atoms with Crippen molar-refractivity contribution >= 4 is 0 Å². The maximum Gasteiger partial charge on any atom is 0.433 e. The molecule has 0 bridgehead atoms. The summed E-state index contributed by atoms with van der Waals surface area (Å²) < 4.78 is 103. The van der Waals surface area contributed by atoms with Gasteiger partial charge < -0.3 is 9.84 Å². The Kier molecular flexibility index (Phi) is 6.82. The monoisotopic (exact) mass is 528 g/mol. The molecule has 0 spiro atoms. The average Bonchev–Trinajstić information content (AvgIpc) is 3.35. The Hall–Kier alpha value is -4.14. The fourth-order valence-electron chi connectivity index (χ4n) is 3.37. The van der Waals surface area contributed by atoms with Gasteiger partial charge in [-0.1, -0.05) is 6.07 Å². The zero-order valence-corrected chi connectivity index (χ0v) is 18.4. The first kappa shape index (κ1) is 25.9. The first-order valence-electron chi connectivity index (χ1n) is 10.3. The van der Waals surface area contributed by atoms with Crippen LogP contribution in [0.2, 0.25) is 0 Å². The Labute approximate surface area is 203 Å². The summed E-state index contributed by atoms with van der Waals surface area (Å²) in [6.45, 7) is -1.26. The highest BCUT2D eigenvalue weighted by molar-refractivity contribution is 5.32. The van der Waals surface area contributed by atoms with E-state index in [9.17, 15) is 27.1 Å². The van der Waals surface area contributed by atoms with E-state index in [0.29, 0.717) is 18.2 Å². The topological polar surface area (TPSA) is 98.8 Å². The molecule has 0 aliphatic carbocycles. The van der Waals surface area contributed by atoms with E-state index in [4.69, 9.17) is 4.74 Å². The summed E-state index contributed by atoms with van der Waals surface area (Å²) in [5, 5.41) is 21.1. The number of tetrazole rings is 1. The van der Waals surface area contributed by atoms with Crippen molar-refractivity contribution in [3.8, 4) is 5.75 Å². The number of nitrogens with zero attached hydrogens (tertiary/aromatic N) is 6. The number of halogens is 7. The SMILES string of the molecule is OC(Cn1cnnn1)(c1ccc(F)cc1F)C(F)(F)c1ccc(OCc2ccc(C(F)(F)F)nc2)cn1. The predicted molar refractivity (Wildman–Crippen MR) is 110 cm³/mol. The highest BCUT2D eigenvalue weighted by Crippen LogP contribution is 2.46. The van der Waals surface area contributed by atoms with Gasteiger partial charge in [0.25, 0.3) is 0 Å². The number of alkyl halides is 5. The number of benzene rings is 1. The van der Waals surface area contributed by atoms with E-state index < -0.39 is 52.8 Å². The Morgan fingerprint density at radius 2 is 1.62 bits per heavy atom. The Morgan fingerprint density at radius 1 is 0.892 bits per heavy atom. The molecule has 4 rings (SSSR count). The summed E-state index contributed by atoms with van der Waals surface area (Å²) in [6, 6.07) is 5.52. The van der Waals surface area contributed by atoms with E-state index in [2.05, 4.69) is 25.5 Å². The molecular weight excluding hydrogens is 513 g/mol. The van der Waals surface area contributed by atoms with Crippen molar-refractivity contribution in [3.05, 3.63) is 95.3 Å². The number of aromatic nitrogens is 6. The lowest BCUT2D eigenvalue weighted by Gasteiger charge is -2.35. The lowest BCUT2D eigenvalue weighted by Crippen LogP contribution is -2.48. The van der Waals surface area contributed by atoms with Gasteiger partial charge in [-0.25, -0.2) is 13.5 Å². The van der Waals surface area contributed by atoms with Crippen LogP contribution in [-0.4, -0.2) is 35.3 Å². The third kappa shape index (κ3) is 5.35. The third-order valence-electron chi connectivity index (χ3n) is 5.26. The minimum Gasteiger partial charge on any atom is -0.487 e. The predicted octanol–water partition coefficient (Wildman–Crippen LogP) is 4.02. The van der Waals surface area contributed by atoms with Gasteiger partial charge >= 0.3 is 12.1 Å². The van der Waals surface area contributed by atoms with Crippen molar-refractivity contribution in [3.63, 3.8) is 0 Å². The van der Waals surface area contributed by atoms with E-state index >= 15 is 8.78 Å². The van der Waals surface area contributed by atoms with Crippen LogP contribution in [0.5, 0.6) is 5.75 Å². The summed E-state index contributed by atoms with van der Waals surface area (Å²) in [5.41, 5.74) is -6.04. The number of ether oxygens (including phenoxy) is 1. The van der Waals surface area contributed by atoms with Gasteiger partial charge in [0, 0.05) is 23.4 Å². The number of rotatable bonds is 8. The van der Waals surface area contributed by atoms with Gasteiger partial charge in [-0.15, -0.1) is 5.10 Å². The quantitative estimate of drug-likeness (QED) is 0.345. The molecule has 0 amide bonds. The van der Waals surface area contributed by atoms with Crippen LogP contribution in [0.4, 0.5) is 30.7 Å². The molecule has 0 radical (unpaired) electrons. The van der Waals surface area contributed by atoms with Crippen LogP contribution in [0.3, 0.4) is 0 Å². The molecule has 1 aromatic carbocycles. The van der Waals surface area contributed by atoms with E-state index in [1.807, 2.05) is 0 Å². The zero-order chi connectivity index (χ0) is 26.8. The van der Waals surface area contributed by atoms with Crippen LogP contribution in [0, 0.1) is 11.6 Å². The molecule has 1 atom stereocenters. The molecule has 0 aliphatic rings. The Morgan fingerprint density at radius 3 is 2.19 bits per heavy atom. The normalized spacial score (nSPS) is 13.8. The number of hydrogen-bond donors (Lipinski definition) is 1. The minimum absolute atomic E-state index is 0.0311.